The van der Waals surface area contributed by atoms with Crippen molar-refractivity contribution < 1.29 is 9.59 Å². The number of likely N-dealkylation sites (N-methyl/N-ethyl adjacent to an activating group) is 1. The second-order valence-corrected chi connectivity index (χ2v) is 9.38. The van der Waals surface area contributed by atoms with Gasteiger partial charge in [-0.3, -0.25) is 14.6 Å². The number of rotatable bonds is 6. The third-order valence-electron chi connectivity index (χ3n) is 6.77. The van der Waals surface area contributed by atoms with Gasteiger partial charge in [-0.2, -0.15) is 0 Å². The van der Waals surface area contributed by atoms with Crippen LogP contribution in [0, 0.1) is 0 Å². The SMILES string of the molecule is C[C@H](Cc1nncn1C)c1cccc(NC(=O)c2cc3cc(N4CCN(C)C(=O)C4)ccc3cn2)c1. The first-order valence-electron chi connectivity index (χ1n) is 12.0. The first-order chi connectivity index (χ1) is 17.4. The zero-order valence-electron chi connectivity index (χ0n) is 20.7. The zero-order chi connectivity index (χ0) is 25.2. The molecule has 184 valence electrons. The van der Waals surface area contributed by atoms with Gasteiger partial charge in [0.05, 0.1) is 6.54 Å². The van der Waals surface area contributed by atoms with E-state index in [4.69, 9.17) is 0 Å². The molecule has 0 bridgehead atoms. The highest BCUT2D eigenvalue weighted by molar-refractivity contribution is 6.05. The number of benzene rings is 2. The minimum atomic E-state index is -0.268. The number of carbonyl (C=O) groups excluding carboxylic acids is 2. The third-order valence-corrected chi connectivity index (χ3v) is 6.77. The number of hydrogen-bond donors (Lipinski definition) is 1. The smallest absolute Gasteiger partial charge is 0.274 e. The highest BCUT2D eigenvalue weighted by atomic mass is 16.2. The van der Waals surface area contributed by atoms with Crippen molar-refractivity contribution in [2.75, 3.05) is 36.9 Å². The van der Waals surface area contributed by atoms with Gasteiger partial charge in [0.25, 0.3) is 5.91 Å². The van der Waals surface area contributed by atoms with Crippen LogP contribution in [-0.2, 0) is 18.3 Å². The second-order valence-electron chi connectivity index (χ2n) is 9.38. The Morgan fingerprint density at radius 2 is 1.94 bits per heavy atom. The topological polar surface area (TPSA) is 96.3 Å². The molecule has 0 unspecified atom stereocenters. The van der Waals surface area contributed by atoms with Crippen LogP contribution in [0.3, 0.4) is 0 Å². The summed E-state index contributed by atoms with van der Waals surface area (Å²) in [5.41, 5.74) is 3.13. The molecule has 0 spiro atoms. The Labute approximate surface area is 209 Å². The Morgan fingerprint density at radius 3 is 2.72 bits per heavy atom. The number of nitrogens with zero attached hydrogens (tertiary/aromatic N) is 6. The number of pyridine rings is 1. The van der Waals surface area contributed by atoms with Gasteiger partial charge < -0.3 is 19.7 Å². The summed E-state index contributed by atoms with van der Waals surface area (Å²) in [6.45, 7) is 3.95. The predicted molar refractivity (Wildman–Crippen MR) is 139 cm³/mol. The molecule has 1 aliphatic heterocycles. The van der Waals surface area contributed by atoms with E-state index in [1.54, 1.807) is 23.5 Å². The fourth-order valence-corrected chi connectivity index (χ4v) is 4.43. The van der Waals surface area contributed by atoms with Crippen LogP contribution in [0.2, 0.25) is 0 Å². The maximum Gasteiger partial charge on any atom is 0.274 e. The molecule has 0 saturated carbocycles. The number of fused-ring (bicyclic) bond motifs is 1. The Balaban J connectivity index is 1.31. The van der Waals surface area contributed by atoms with E-state index in [0.717, 1.165) is 40.8 Å². The van der Waals surface area contributed by atoms with Crippen molar-refractivity contribution in [2.24, 2.45) is 7.05 Å². The molecule has 2 amide bonds. The lowest BCUT2D eigenvalue weighted by Gasteiger charge is -2.33. The summed E-state index contributed by atoms with van der Waals surface area (Å²) < 4.78 is 1.92. The number of nitrogens with one attached hydrogen (secondary N) is 1. The van der Waals surface area contributed by atoms with Gasteiger partial charge in [0.15, 0.2) is 0 Å². The summed E-state index contributed by atoms with van der Waals surface area (Å²) in [6, 6.07) is 15.6. The Bertz CT molecular complexity index is 1430. The predicted octanol–water partition coefficient (Wildman–Crippen LogP) is 3.24. The fraction of sp³-hybridized carbons (Fsp3) is 0.296. The molecule has 1 atom stereocenters. The third kappa shape index (κ3) is 4.91. The molecular weight excluding hydrogens is 454 g/mol. The molecule has 5 rings (SSSR count). The number of carbonyl (C=O) groups is 2. The van der Waals surface area contributed by atoms with Crippen LogP contribution < -0.4 is 10.2 Å². The van der Waals surface area contributed by atoms with Crippen molar-refractivity contribution in [2.45, 2.75) is 19.3 Å². The van der Waals surface area contributed by atoms with Crippen LogP contribution in [0.15, 0.2) is 61.1 Å². The molecule has 1 fully saturated rings. The van der Waals surface area contributed by atoms with Crippen LogP contribution >= 0.6 is 0 Å². The lowest BCUT2D eigenvalue weighted by Crippen LogP contribution is -2.48. The van der Waals surface area contributed by atoms with Gasteiger partial charge in [-0.15, -0.1) is 10.2 Å². The van der Waals surface area contributed by atoms with E-state index in [2.05, 4.69) is 38.4 Å². The van der Waals surface area contributed by atoms with Crippen LogP contribution in [0.1, 0.15) is 34.7 Å². The summed E-state index contributed by atoms with van der Waals surface area (Å²) in [7, 11) is 3.76. The summed E-state index contributed by atoms with van der Waals surface area (Å²) in [5, 5.41) is 13.0. The summed E-state index contributed by atoms with van der Waals surface area (Å²) >= 11 is 0. The monoisotopic (exact) mass is 483 g/mol. The number of anilines is 2. The number of aryl methyl sites for hydroxylation is 1. The molecule has 9 nitrogen and oxygen atoms in total. The van der Waals surface area contributed by atoms with E-state index < -0.39 is 0 Å². The van der Waals surface area contributed by atoms with Crippen LogP contribution in [-0.4, -0.2) is 63.1 Å². The van der Waals surface area contributed by atoms with Crippen LogP contribution in [0.25, 0.3) is 10.8 Å². The molecule has 0 aliphatic carbocycles. The van der Waals surface area contributed by atoms with Crippen molar-refractivity contribution in [3.8, 4) is 0 Å². The highest BCUT2D eigenvalue weighted by Crippen LogP contribution is 2.25. The minimum Gasteiger partial charge on any atom is -0.360 e. The van der Waals surface area contributed by atoms with E-state index in [0.29, 0.717) is 24.5 Å². The van der Waals surface area contributed by atoms with Gasteiger partial charge in [-0.05, 0) is 47.2 Å². The quantitative estimate of drug-likeness (QED) is 0.452. The second kappa shape index (κ2) is 9.77. The van der Waals surface area contributed by atoms with E-state index in [9.17, 15) is 9.59 Å². The van der Waals surface area contributed by atoms with Crippen LogP contribution in [0.5, 0.6) is 0 Å². The minimum absolute atomic E-state index is 0.101. The summed E-state index contributed by atoms with van der Waals surface area (Å²) in [4.78, 5) is 33.4. The zero-order valence-corrected chi connectivity index (χ0v) is 20.7. The number of amides is 2. The lowest BCUT2D eigenvalue weighted by atomic mass is 9.97. The fourth-order valence-electron chi connectivity index (χ4n) is 4.43. The van der Waals surface area contributed by atoms with Gasteiger partial charge in [0.2, 0.25) is 5.91 Å². The summed E-state index contributed by atoms with van der Waals surface area (Å²) in [6.07, 6.45) is 4.16. The molecule has 0 radical (unpaired) electrons. The molecule has 9 heteroatoms. The van der Waals surface area contributed by atoms with Crippen molar-refractivity contribution in [1.82, 2.24) is 24.6 Å². The van der Waals surface area contributed by atoms with Crippen molar-refractivity contribution in [1.29, 1.82) is 0 Å². The first kappa shape index (κ1) is 23.5. The van der Waals surface area contributed by atoms with Crippen LogP contribution in [0.4, 0.5) is 11.4 Å². The van der Waals surface area contributed by atoms with Crippen molar-refractivity contribution in [3.63, 3.8) is 0 Å². The molecule has 2 aromatic carbocycles. The van der Waals surface area contributed by atoms with Gasteiger partial charge in [-0.1, -0.05) is 25.1 Å². The van der Waals surface area contributed by atoms with E-state index in [1.165, 1.54) is 0 Å². The molecule has 1 N–H and O–H groups in total. The van der Waals surface area contributed by atoms with Gasteiger partial charge in [-0.25, -0.2) is 0 Å². The molecule has 36 heavy (non-hydrogen) atoms. The summed E-state index contributed by atoms with van der Waals surface area (Å²) in [5.74, 6) is 0.959. The maximum atomic E-state index is 13.0. The largest absolute Gasteiger partial charge is 0.360 e. The molecule has 1 saturated heterocycles. The average Bonchev–Trinajstić information content (AvgIpc) is 3.29. The van der Waals surface area contributed by atoms with Gasteiger partial charge >= 0.3 is 0 Å². The molecule has 4 aromatic rings. The number of piperazine rings is 1. The maximum absolute atomic E-state index is 13.0. The standard InChI is InChI=1S/C27H29N7O2/c1-18(11-25-31-29-17-33(25)3)19-5-4-6-22(12-19)30-27(36)24-14-21-13-23(8-7-20(21)15-28-24)34-10-9-32(2)26(35)16-34/h4-8,12-15,17-18H,9-11,16H2,1-3H3,(H,30,36)/t18-/m1/s1. The van der Waals surface area contributed by atoms with E-state index in [-0.39, 0.29) is 17.7 Å². The number of aromatic nitrogens is 4. The molecule has 1 aliphatic rings. The van der Waals surface area contributed by atoms with Crippen molar-refractivity contribution >= 4 is 34.0 Å². The molecule has 2 aromatic heterocycles. The Hall–Kier alpha value is -4.27. The van der Waals surface area contributed by atoms with Gasteiger partial charge in [0, 0.05) is 56.6 Å². The normalized spacial score (nSPS) is 14.8. The Morgan fingerprint density at radius 1 is 1.08 bits per heavy atom. The average molecular weight is 484 g/mol. The Kier molecular flexibility index (Phi) is 6.37. The van der Waals surface area contributed by atoms with Gasteiger partial charge in [0.1, 0.15) is 17.8 Å². The number of hydrogen-bond acceptors (Lipinski definition) is 6. The van der Waals surface area contributed by atoms with Crippen molar-refractivity contribution in [3.05, 3.63) is 78.1 Å². The van der Waals surface area contributed by atoms with E-state index in [1.807, 2.05) is 55.1 Å². The highest BCUT2D eigenvalue weighted by Gasteiger charge is 2.21. The lowest BCUT2D eigenvalue weighted by molar-refractivity contribution is -0.129. The molecule has 3 heterocycles. The van der Waals surface area contributed by atoms with E-state index >= 15 is 0 Å². The molecular formula is C27H29N7O2. The first-order valence-corrected chi connectivity index (χ1v) is 12.0.